The minimum Gasteiger partial charge on any atom is -0.870 e. The van der Waals surface area contributed by atoms with Crippen LogP contribution in [0, 0.1) is 10.1 Å². The number of esters is 4. The Kier molecular flexibility index (Phi) is 97.2. The predicted molar refractivity (Wildman–Crippen MR) is 391 cm³/mol. The van der Waals surface area contributed by atoms with E-state index >= 15 is 0 Å². The van der Waals surface area contributed by atoms with Gasteiger partial charge in [0.05, 0.1) is 50.1 Å². The van der Waals surface area contributed by atoms with E-state index in [9.17, 15) is 49.4 Å². The number of aliphatic carboxylic acids is 1. The molecule has 0 saturated carbocycles. The van der Waals surface area contributed by atoms with Crippen molar-refractivity contribution in [2.45, 2.75) is 399 Å². The van der Waals surface area contributed by atoms with Gasteiger partial charge in [-0.2, -0.15) is 0 Å². The number of carbonyl (C=O) groups excluding carboxylic acids is 4. The van der Waals surface area contributed by atoms with Gasteiger partial charge in [0, 0.05) is 51.0 Å². The molecular formula is C78H147LiNNaO18. The van der Waals surface area contributed by atoms with Crippen LogP contribution in [-0.2, 0) is 42.9 Å². The van der Waals surface area contributed by atoms with Crippen molar-refractivity contribution < 1.29 is 132 Å². The predicted octanol–water partition coefficient (Wildman–Crippen LogP) is 14.6. The third kappa shape index (κ3) is 85.9. The fourth-order valence-corrected chi connectivity index (χ4v) is 11.1. The molecule has 4 atom stereocenters. The van der Waals surface area contributed by atoms with Crippen molar-refractivity contribution >= 4 is 35.5 Å². The summed E-state index contributed by atoms with van der Waals surface area (Å²) >= 11 is 0. The summed E-state index contributed by atoms with van der Waals surface area (Å²) in [6, 6.07) is 5.52. The summed E-state index contributed by atoms with van der Waals surface area (Å²) in [6.45, 7) is 10.9. The molecule has 1 aliphatic heterocycles. The first-order valence-electron chi connectivity index (χ1n) is 38.5. The van der Waals surface area contributed by atoms with Gasteiger partial charge in [-0.3, -0.25) is 29.3 Å². The van der Waals surface area contributed by atoms with E-state index in [2.05, 4.69) is 41.9 Å². The second-order valence-corrected chi connectivity index (χ2v) is 26.3. The van der Waals surface area contributed by atoms with E-state index in [1.807, 2.05) is 0 Å². The van der Waals surface area contributed by atoms with Gasteiger partial charge in [-0.25, -0.2) is 4.79 Å². The molecule has 1 saturated heterocycles. The van der Waals surface area contributed by atoms with E-state index in [0.29, 0.717) is 24.8 Å². The molecule has 0 amide bonds. The van der Waals surface area contributed by atoms with E-state index in [1.165, 1.54) is 180 Å². The molecule has 1 heterocycles. The molecule has 0 radical (unpaired) electrons. The summed E-state index contributed by atoms with van der Waals surface area (Å²) in [7, 11) is 4.26. The summed E-state index contributed by atoms with van der Waals surface area (Å²) in [5.74, 6) is -1.56. The number of nitrogens with zero attached hydrogens (tertiary/aromatic N) is 1. The molecule has 6 N–H and O–H groups in total. The number of carbonyl (C=O) groups is 5. The number of nitro benzene ring substituents is 1. The number of hydrogen-bond acceptors (Lipinski definition) is 17. The minimum absolute atomic E-state index is 0. The van der Waals surface area contributed by atoms with E-state index in [4.69, 9.17) is 14.6 Å². The van der Waals surface area contributed by atoms with Crippen LogP contribution in [-0.4, -0.2) is 125 Å². The Labute approximate surface area is 637 Å². The van der Waals surface area contributed by atoms with Gasteiger partial charge in [-0.1, -0.05) is 246 Å². The molecule has 0 spiro atoms. The van der Waals surface area contributed by atoms with Gasteiger partial charge < -0.3 is 55.1 Å². The van der Waals surface area contributed by atoms with Crippen LogP contribution in [0.3, 0.4) is 0 Å². The average Bonchev–Trinajstić information content (AvgIpc) is 1.59. The van der Waals surface area contributed by atoms with Crippen molar-refractivity contribution in [1.82, 2.24) is 0 Å². The number of aliphatic hydroxyl groups excluding tert-OH is 3. The molecule has 0 bridgehead atoms. The molecule has 99 heavy (non-hydrogen) atoms. The van der Waals surface area contributed by atoms with Gasteiger partial charge in [0.1, 0.15) is 6.10 Å². The molecule has 2 rings (SSSR count). The monoisotopic (exact) mass is 1420 g/mol. The first-order chi connectivity index (χ1) is 46.0. The first-order valence-corrected chi connectivity index (χ1v) is 38.5. The Morgan fingerprint density at radius 3 is 0.889 bits per heavy atom. The van der Waals surface area contributed by atoms with Crippen LogP contribution >= 0.6 is 0 Å². The number of aliphatic hydroxyl groups is 3. The fourth-order valence-electron chi connectivity index (χ4n) is 11.1. The molecule has 19 nitrogen and oxygen atoms in total. The molecule has 1 fully saturated rings. The number of rotatable bonds is 59. The van der Waals surface area contributed by atoms with Crippen LogP contribution in [0.25, 0.3) is 0 Å². The van der Waals surface area contributed by atoms with Crippen molar-refractivity contribution in [2.75, 3.05) is 34.5 Å². The standard InChI is InChI=1S/C24H37NO6.2C17H34O3.C16H32O3.C4H8O.Li.Na.2H2O/c1-3-4-5-6-7-10-13-22(14-11-8-9-12-15-23(26)30-2)31-24(27)20-16-18-21(19-17-20)25(28)29;2*1-3-4-5-6-7-10-13-16(18)14-11-8-9-12-15-17(19)20-2;1-2-3-4-5-6-9-12-15(17)13-10-7-8-11-14-16(18)19;1-2-4-5-3-1;;;;/h16-19,22H,3-15H2,1-2H3;2*16,18H,3-15H2,1-2H3;15,17H,2-14H2,1H3,(H,18,19);1-4H2;;;2*1H2/q;;;;;2*+1;;/p-2/t22-;2*16-;15-;;;;;/m0100...../s1. The summed E-state index contributed by atoms with van der Waals surface area (Å²) in [5.41, 5.74) is 0.281. The summed E-state index contributed by atoms with van der Waals surface area (Å²) < 4.78 is 24.5. The Morgan fingerprint density at radius 1 is 0.414 bits per heavy atom. The Balaban J connectivity index is -0.000000224. The van der Waals surface area contributed by atoms with Crippen molar-refractivity contribution in [3.8, 4) is 0 Å². The molecular weight excluding hydrogens is 1270 g/mol. The molecule has 574 valence electrons. The SMILES string of the molecule is C1CCOC1.CCCCCCCC[C@@H](CCCCCCC(=O)OC)OC(=O)c1ccc([N+](=O)[O-])cc1.CCCCCCCC[C@@H](O)CCCCCCC(=O)OC.CCCCCCCC[C@H](O)CCCCCCC(=O)O.CCCCCCCC[C@H](O)CCCCCCC(=O)OC.[Li+].[Na+].[OH-].[OH-]. The van der Waals surface area contributed by atoms with Crippen molar-refractivity contribution in [3.63, 3.8) is 0 Å². The first kappa shape index (κ1) is 110. The van der Waals surface area contributed by atoms with Gasteiger partial charge >= 0.3 is 78.3 Å². The molecule has 21 heteroatoms. The fraction of sp³-hybridized carbons (Fsp3) is 0.859. The second kappa shape index (κ2) is 87.7. The molecule has 1 aliphatic rings. The zero-order valence-electron chi connectivity index (χ0n) is 64.7. The number of benzene rings is 1. The van der Waals surface area contributed by atoms with Gasteiger partial charge in [-0.15, -0.1) is 0 Å². The summed E-state index contributed by atoms with van der Waals surface area (Å²) in [4.78, 5) is 66.1. The zero-order valence-corrected chi connectivity index (χ0v) is 66.7. The van der Waals surface area contributed by atoms with Crippen molar-refractivity contribution in [2.24, 2.45) is 0 Å². The summed E-state index contributed by atoms with van der Waals surface area (Å²) in [6.07, 6.45) is 56.7. The number of methoxy groups -OCH3 is 3. The number of nitro groups is 1. The maximum atomic E-state index is 12.5. The number of ether oxygens (including phenoxy) is 5. The topological polar surface area (TPSA) is 316 Å². The van der Waals surface area contributed by atoms with Crippen molar-refractivity contribution in [1.29, 1.82) is 0 Å². The van der Waals surface area contributed by atoms with Crippen LogP contribution in [0.15, 0.2) is 24.3 Å². The van der Waals surface area contributed by atoms with Crippen LogP contribution in [0.1, 0.15) is 385 Å². The van der Waals surface area contributed by atoms with Crippen LogP contribution in [0.5, 0.6) is 0 Å². The quantitative estimate of drug-likeness (QED) is 0.0118. The Hall–Kier alpha value is -2.67. The normalized spacial score (nSPS) is 12.3. The molecule has 1 aromatic carbocycles. The number of unbranched alkanes of at least 4 members (excludes halogenated alkanes) is 32. The smallest absolute Gasteiger partial charge is 0.870 e. The molecule has 0 aliphatic carbocycles. The molecule has 1 aromatic rings. The molecule has 0 aromatic heterocycles. The summed E-state index contributed by atoms with van der Waals surface area (Å²) in [5, 5.41) is 48.8. The Bertz CT molecular complexity index is 1810. The van der Waals surface area contributed by atoms with Gasteiger partial charge in [0.2, 0.25) is 0 Å². The number of carboxylic acid groups (broad SMARTS) is 1. The van der Waals surface area contributed by atoms with E-state index < -0.39 is 16.9 Å². The van der Waals surface area contributed by atoms with E-state index in [-0.39, 0.29) is 114 Å². The third-order valence-corrected chi connectivity index (χ3v) is 17.3. The maximum absolute atomic E-state index is 12.5. The van der Waals surface area contributed by atoms with Gasteiger partial charge in [-0.05, 0) is 115 Å². The minimum atomic E-state index is -0.705. The number of non-ortho nitro benzene ring substituents is 1. The largest absolute Gasteiger partial charge is 1.00 e. The van der Waals surface area contributed by atoms with E-state index in [1.54, 1.807) is 0 Å². The number of hydrogen-bond donors (Lipinski definition) is 4. The average molecular weight is 1420 g/mol. The van der Waals surface area contributed by atoms with E-state index in [0.717, 1.165) is 199 Å². The van der Waals surface area contributed by atoms with Gasteiger partial charge in [0.25, 0.3) is 5.69 Å². The number of carboxylic acids is 1. The maximum Gasteiger partial charge on any atom is 1.00 e. The third-order valence-electron chi connectivity index (χ3n) is 17.3. The Morgan fingerprint density at radius 2 is 0.657 bits per heavy atom. The van der Waals surface area contributed by atoms with Crippen molar-refractivity contribution in [3.05, 3.63) is 39.9 Å². The van der Waals surface area contributed by atoms with Crippen LogP contribution in [0.2, 0.25) is 0 Å². The van der Waals surface area contributed by atoms with Crippen LogP contribution < -0.4 is 48.4 Å². The zero-order chi connectivity index (χ0) is 70.9. The van der Waals surface area contributed by atoms with Gasteiger partial charge in [0.15, 0.2) is 0 Å². The molecule has 0 unspecified atom stereocenters. The van der Waals surface area contributed by atoms with Crippen LogP contribution in [0.4, 0.5) is 5.69 Å². The second-order valence-electron chi connectivity index (χ2n) is 26.3.